The molecule has 2 aromatic carbocycles. The Balaban J connectivity index is 1.54. The van der Waals surface area contributed by atoms with E-state index in [1.165, 1.54) is 18.2 Å². The molecule has 1 amide bonds. The minimum absolute atomic E-state index is 0.0560. The quantitative estimate of drug-likeness (QED) is 0.260. The zero-order valence-electron chi connectivity index (χ0n) is 21.4. The summed E-state index contributed by atoms with van der Waals surface area (Å²) in [7, 11) is -3.51. The molecule has 4 aromatic rings. The van der Waals surface area contributed by atoms with Crippen LogP contribution in [0.3, 0.4) is 0 Å². The lowest BCUT2D eigenvalue weighted by Crippen LogP contribution is -2.13. The van der Waals surface area contributed by atoms with Crippen LogP contribution in [-0.2, 0) is 9.84 Å². The van der Waals surface area contributed by atoms with Crippen LogP contribution < -0.4 is 15.4 Å². The number of anilines is 3. The minimum Gasteiger partial charge on any atom is -0.492 e. The van der Waals surface area contributed by atoms with E-state index in [1.54, 1.807) is 36.8 Å². The van der Waals surface area contributed by atoms with Crippen LogP contribution in [0.25, 0.3) is 11.3 Å². The first-order valence-electron chi connectivity index (χ1n) is 12.1. The van der Waals surface area contributed by atoms with Gasteiger partial charge in [-0.2, -0.15) is 0 Å². The Morgan fingerprint density at radius 2 is 1.89 bits per heavy atom. The van der Waals surface area contributed by atoms with E-state index in [0.717, 1.165) is 41.6 Å². The molecule has 2 N–H and O–H groups in total. The van der Waals surface area contributed by atoms with E-state index in [4.69, 9.17) is 4.74 Å². The van der Waals surface area contributed by atoms with Gasteiger partial charge in [-0.3, -0.25) is 9.78 Å². The Morgan fingerprint density at radius 1 is 1.05 bits per heavy atom. The number of ether oxygens (including phenoxy) is 1. The topological polar surface area (TPSA) is 123 Å². The molecule has 0 fully saturated rings. The van der Waals surface area contributed by atoms with E-state index >= 15 is 0 Å². The van der Waals surface area contributed by atoms with E-state index in [1.807, 2.05) is 32.0 Å². The maximum Gasteiger partial charge on any atom is 0.255 e. The Bertz CT molecular complexity index is 1540. The number of hydrogen-bond donors (Lipinski definition) is 2. The third kappa shape index (κ3) is 6.71. The van der Waals surface area contributed by atoms with Crippen LogP contribution in [0.1, 0.15) is 35.7 Å². The third-order valence-corrected chi connectivity index (χ3v) is 6.85. The molecule has 38 heavy (non-hydrogen) atoms. The fourth-order valence-electron chi connectivity index (χ4n) is 3.65. The number of hydrogen-bond acceptors (Lipinski definition) is 8. The molecule has 9 nitrogen and oxygen atoms in total. The molecule has 10 heteroatoms. The molecule has 0 aliphatic heterocycles. The molecule has 0 radical (unpaired) electrons. The molecule has 196 valence electrons. The summed E-state index contributed by atoms with van der Waals surface area (Å²) in [4.78, 5) is 26.1. The van der Waals surface area contributed by atoms with Crippen LogP contribution in [0.4, 0.5) is 17.3 Å². The number of nitrogens with zero attached hydrogens (tertiary/aromatic N) is 3. The maximum atomic E-state index is 13.0. The van der Waals surface area contributed by atoms with Crippen molar-refractivity contribution in [3.63, 3.8) is 0 Å². The predicted octanol–water partition coefficient (Wildman–Crippen LogP) is 5.43. The van der Waals surface area contributed by atoms with Crippen LogP contribution in [0.2, 0.25) is 0 Å². The zero-order chi connectivity index (χ0) is 27.1. The van der Waals surface area contributed by atoms with Gasteiger partial charge in [0.05, 0.1) is 12.3 Å². The molecular formula is C28H29N5O4S. The van der Waals surface area contributed by atoms with Crippen molar-refractivity contribution < 1.29 is 17.9 Å². The summed E-state index contributed by atoms with van der Waals surface area (Å²) in [5.74, 6) is 0.184. The number of rotatable bonds is 10. The number of carbonyl (C=O) groups is 1. The summed E-state index contributed by atoms with van der Waals surface area (Å²) in [6.45, 7) is 4.31. The first kappa shape index (κ1) is 26.7. The number of amides is 1. The van der Waals surface area contributed by atoms with Crippen molar-refractivity contribution in [1.82, 2.24) is 15.0 Å². The first-order valence-corrected chi connectivity index (χ1v) is 14.0. The smallest absolute Gasteiger partial charge is 0.255 e. The molecule has 2 aromatic heterocycles. The summed E-state index contributed by atoms with van der Waals surface area (Å²) in [5.41, 5.74) is 4.09. The van der Waals surface area contributed by atoms with Gasteiger partial charge < -0.3 is 15.4 Å². The molecule has 0 saturated heterocycles. The van der Waals surface area contributed by atoms with Crippen LogP contribution in [-0.4, -0.2) is 42.1 Å². The predicted molar refractivity (Wildman–Crippen MR) is 148 cm³/mol. The van der Waals surface area contributed by atoms with Crippen molar-refractivity contribution in [1.29, 1.82) is 0 Å². The Labute approximate surface area is 222 Å². The second-order valence-electron chi connectivity index (χ2n) is 8.75. The number of sulfone groups is 1. The third-order valence-electron chi connectivity index (χ3n) is 5.72. The molecule has 0 bridgehead atoms. The van der Waals surface area contributed by atoms with E-state index in [9.17, 15) is 13.2 Å². The molecular weight excluding hydrogens is 502 g/mol. The number of carbonyl (C=O) groups excluding carboxylic acids is 1. The highest BCUT2D eigenvalue weighted by Gasteiger charge is 2.18. The zero-order valence-corrected chi connectivity index (χ0v) is 22.2. The molecule has 0 aliphatic rings. The number of benzene rings is 2. The second-order valence-corrected chi connectivity index (χ2v) is 10.7. The average molecular weight is 532 g/mol. The molecule has 0 aliphatic carbocycles. The van der Waals surface area contributed by atoms with Crippen molar-refractivity contribution in [2.24, 2.45) is 0 Å². The largest absolute Gasteiger partial charge is 0.492 e. The fourth-order valence-corrected chi connectivity index (χ4v) is 4.45. The molecule has 0 atom stereocenters. The van der Waals surface area contributed by atoms with E-state index in [0.29, 0.717) is 18.2 Å². The van der Waals surface area contributed by atoms with Crippen molar-refractivity contribution >= 4 is 33.1 Å². The molecule has 0 spiro atoms. The van der Waals surface area contributed by atoms with Gasteiger partial charge in [0.1, 0.15) is 10.6 Å². The number of nitrogens with one attached hydrogen (secondary N) is 2. The lowest BCUT2D eigenvalue weighted by atomic mass is 10.1. The lowest BCUT2D eigenvalue weighted by molar-refractivity contribution is 0.102. The van der Waals surface area contributed by atoms with Gasteiger partial charge in [-0.15, -0.1) is 0 Å². The summed E-state index contributed by atoms with van der Waals surface area (Å²) in [5, 5.41) is 6.09. The van der Waals surface area contributed by atoms with Gasteiger partial charge in [-0.25, -0.2) is 18.4 Å². The molecule has 0 saturated carbocycles. The molecule has 0 unspecified atom stereocenters. The minimum atomic E-state index is -3.51. The Hall–Kier alpha value is -4.31. The maximum absolute atomic E-state index is 13.0. The highest BCUT2D eigenvalue weighted by Crippen LogP contribution is 2.28. The van der Waals surface area contributed by atoms with E-state index in [2.05, 4.69) is 25.6 Å². The second kappa shape index (κ2) is 11.8. The van der Waals surface area contributed by atoms with E-state index < -0.39 is 15.7 Å². The summed E-state index contributed by atoms with van der Waals surface area (Å²) in [6, 6.07) is 15.4. The fraction of sp³-hybridized carbons (Fsp3) is 0.214. The van der Waals surface area contributed by atoms with Crippen LogP contribution in [0, 0.1) is 6.92 Å². The molecule has 2 heterocycles. The van der Waals surface area contributed by atoms with Gasteiger partial charge in [0.15, 0.2) is 9.84 Å². The van der Waals surface area contributed by atoms with Gasteiger partial charge in [0, 0.05) is 47.3 Å². The standard InChI is InChI=1S/C28H29N5O4S/c1-4-5-15-37-25-16-20(9-11-26(25)38(3,35)36)27(34)31-22-10-8-19(2)24(17-22)33-28-30-14-12-23(32-28)21-7-6-13-29-18-21/h6-14,16-18H,4-5,15H2,1-3H3,(H,31,34)(H,30,32,33). The number of aromatic nitrogens is 3. The SMILES string of the molecule is CCCCOc1cc(C(=O)Nc2ccc(C)c(Nc3nccc(-c4cccnc4)n3)c2)ccc1S(C)(=O)=O. The van der Waals surface area contributed by atoms with E-state index in [-0.39, 0.29) is 16.2 Å². The number of aryl methyl sites for hydroxylation is 1. The normalized spacial score (nSPS) is 11.1. The highest BCUT2D eigenvalue weighted by atomic mass is 32.2. The molecule has 4 rings (SSSR count). The van der Waals surface area contributed by atoms with Crippen LogP contribution in [0.5, 0.6) is 5.75 Å². The Morgan fingerprint density at radius 3 is 2.63 bits per heavy atom. The lowest BCUT2D eigenvalue weighted by Gasteiger charge is -2.14. The van der Waals surface area contributed by atoms with Gasteiger partial charge in [0.2, 0.25) is 5.95 Å². The Kier molecular flexibility index (Phi) is 8.32. The monoisotopic (exact) mass is 531 g/mol. The highest BCUT2D eigenvalue weighted by molar-refractivity contribution is 7.90. The van der Waals surface area contributed by atoms with Crippen molar-refractivity contribution in [3.05, 3.63) is 84.3 Å². The van der Waals surface area contributed by atoms with Gasteiger partial charge in [-0.05, 0) is 67.4 Å². The summed E-state index contributed by atoms with van der Waals surface area (Å²) in [6.07, 6.45) is 7.89. The van der Waals surface area contributed by atoms with Gasteiger partial charge >= 0.3 is 0 Å². The number of unbranched alkanes of at least 4 members (excludes halogenated alkanes) is 1. The summed E-state index contributed by atoms with van der Waals surface area (Å²) < 4.78 is 30.1. The van der Waals surface area contributed by atoms with Crippen LogP contribution >= 0.6 is 0 Å². The van der Waals surface area contributed by atoms with Gasteiger partial charge in [0.25, 0.3) is 5.91 Å². The van der Waals surface area contributed by atoms with Crippen molar-refractivity contribution in [3.8, 4) is 17.0 Å². The van der Waals surface area contributed by atoms with Crippen molar-refractivity contribution in [2.75, 3.05) is 23.5 Å². The summed E-state index contributed by atoms with van der Waals surface area (Å²) >= 11 is 0. The van der Waals surface area contributed by atoms with Crippen molar-refractivity contribution in [2.45, 2.75) is 31.6 Å². The van der Waals surface area contributed by atoms with Gasteiger partial charge in [-0.1, -0.05) is 19.4 Å². The first-order chi connectivity index (χ1) is 18.2. The average Bonchev–Trinajstić information content (AvgIpc) is 2.91. The van der Waals surface area contributed by atoms with Crippen LogP contribution in [0.15, 0.2) is 78.1 Å². The number of pyridine rings is 1.